The molecule has 1 heterocycles. The number of halogens is 1. The van der Waals surface area contributed by atoms with E-state index in [1.807, 2.05) is 5.38 Å². The standard InChI is InChI=1S/C12H13ClN2S/c1-8-3-4-10(5-9(8)2)14-12-15-11(6-13)7-16-12/h3-5,7H,6H2,1-2H3,(H,14,15). The molecular formula is C12H13ClN2S. The van der Waals surface area contributed by atoms with Gasteiger partial charge in [0.2, 0.25) is 0 Å². The van der Waals surface area contributed by atoms with Crippen molar-refractivity contribution in [1.29, 1.82) is 0 Å². The van der Waals surface area contributed by atoms with Crippen LogP contribution >= 0.6 is 22.9 Å². The van der Waals surface area contributed by atoms with Crippen molar-refractivity contribution in [2.45, 2.75) is 19.7 Å². The summed E-state index contributed by atoms with van der Waals surface area (Å²) in [4.78, 5) is 4.35. The third kappa shape index (κ3) is 2.54. The lowest BCUT2D eigenvalue weighted by molar-refractivity contribution is 1.22. The molecule has 2 rings (SSSR count). The van der Waals surface area contributed by atoms with Crippen molar-refractivity contribution in [2.75, 3.05) is 5.32 Å². The molecule has 0 spiro atoms. The summed E-state index contributed by atoms with van der Waals surface area (Å²) in [7, 11) is 0. The van der Waals surface area contributed by atoms with Gasteiger partial charge in [-0.25, -0.2) is 4.98 Å². The molecule has 0 atom stereocenters. The molecule has 2 aromatic rings. The number of hydrogen-bond acceptors (Lipinski definition) is 3. The van der Waals surface area contributed by atoms with Crippen LogP contribution < -0.4 is 5.32 Å². The number of alkyl halides is 1. The summed E-state index contributed by atoms with van der Waals surface area (Å²) in [5.74, 6) is 0.463. The molecule has 0 bridgehead atoms. The molecule has 0 aliphatic rings. The van der Waals surface area contributed by atoms with Gasteiger partial charge in [-0.15, -0.1) is 22.9 Å². The van der Waals surface area contributed by atoms with E-state index >= 15 is 0 Å². The van der Waals surface area contributed by atoms with Crippen LogP contribution in [0.25, 0.3) is 0 Å². The smallest absolute Gasteiger partial charge is 0.187 e. The van der Waals surface area contributed by atoms with Gasteiger partial charge in [-0.05, 0) is 37.1 Å². The van der Waals surface area contributed by atoms with E-state index < -0.39 is 0 Å². The van der Waals surface area contributed by atoms with Gasteiger partial charge >= 0.3 is 0 Å². The second kappa shape index (κ2) is 4.85. The molecule has 1 N–H and O–H groups in total. The number of hydrogen-bond donors (Lipinski definition) is 1. The Morgan fingerprint density at radius 1 is 1.31 bits per heavy atom. The lowest BCUT2D eigenvalue weighted by Gasteiger charge is -2.05. The Kier molecular flexibility index (Phi) is 3.46. The maximum absolute atomic E-state index is 5.71. The molecule has 2 nitrogen and oxygen atoms in total. The molecule has 0 saturated carbocycles. The van der Waals surface area contributed by atoms with Crippen LogP contribution in [0.1, 0.15) is 16.8 Å². The Bertz CT molecular complexity index is 494. The van der Waals surface area contributed by atoms with Gasteiger partial charge in [0.1, 0.15) is 0 Å². The zero-order valence-corrected chi connectivity index (χ0v) is 10.8. The van der Waals surface area contributed by atoms with E-state index in [4.69, 9.17) is 11.6 Å². The molecule has 16 heavy (non-hydrogen) atoms. The Hall–Kier alpha value is -1.06. The van der Waals surface area contributed by atoms with Gasteiger partial charge in [-0.1, -0.05) is 6.07 Å². The van der Waals surface area contributed by atoms with Crippen LogP contribution in [0.5, 0.6) is 0 Å². The van der Waals surface area contributed by atoms with Gasteiger partial charge in [-0.2, -0.15) is 0 Å². The van der Waals surface area contributed by atoms with Crippen molar-refractivity contribution in [3.05, 3.63) is 40.4 Å². The van der Waals surface area contributed by atoms with E-state index in [9.17, 15) is 0 Å². The molecule has 84 valence electrons. The first kappa shape index (κ1) is 11.4. The third-order valence-electron chi connectivity index (χ3n) is 2.45. The van der Waals surface area contributed by atoms with Gasteiger partial charge in [-0.3, -0.25) is 0 Å². The van der Waals surface area contributed by atoms with Crippen molar-refractivity contribution >= 4 is 33.8 Å². The Morgan fingerprint density at radius 3 is 2.75 bits per heavy atom. The molecule has 0 unspecified atom stereocenters. The van der Waals surface area contributed by atoms with Crippen LogP contribution in [0.3, 0.4) is 0 Å². The normalized spacial score (nSPS) is 10.4. The first-order valence-corrected chi connectivity index (χ1v) is 6.45. The van der Waals surface area contributed by atoms with Crippen molar-refractivity contribution in [3.8, 4) is 0 Å². The molecule has 0 amide bonds. The van der Waals surface area contributed by atoms with Crippen LogP contribution in [0.2, 0.25) is 0 Å². The van der Waals surface area contributed by atoms with Crippen LogP contribution in [-0.2, 0) is 5.88 Å². The Morgan fingerprint density at radius 2 is 2.12 bits per heavy atom. The number of aromatic nitrogens is 1. The Labute approximate surface area is 104 Å². The topological polar surface area (TPSA) is 24.9 Å². The molecule has 4 heteroatoms. The largest absolute Gasteiger partial charge is 0.332 e. The van der Waals surface area contributed by atoms with Crippen LogP contribution in [0.15, 0.2) is 23.6 Å². The molecule has 0 radical (unpaired) electrons. The summed E-state index contributed by atoms with van der Waals surface area (Å²) in [5, 5.41) is 6.13. The van der Waals surface area contributed by atoms with E-state index in [1.165, 1.54) is 11.1 Å². The monoisotopic (exact) mass is 252 g/mol. The van der Waals surface area contributed by atoms with Crippen molar-refractivity contribution in [2.24, 2.45) is 0 Å². The minimum atomic E-state index is 0.463. The molecule has 1 aromatic heterocycles. The number of nitrogens with one attached hydrogen (secondary N) is 1. The fourth-order valence-electron chi connectivity index (χ4n) is 1.37. The van der Waals surface area contributed by atoms with Gasteiger partial charge in [0.25, 0.3) is 0 Å². The van der Waals surface area contributed by atoms with Crippen LogP contribution in [0, 0.1) is 13.8 Å². The highest BCUT2D eigenvalue weighted by Gasteiger charge is 2.02. The number of nitrogens with zero attached hydrogens (tertiary/aromatic N) is 1. The summed E-state index contributed by atoms with van der Waals surface area (Å²) in [5.41, 5.74) is 4.56. The van der Waals surface area contributed by atoms with E-state index in [1.54, 1.807) is 11.3 Å². The highest BCUT2D eigenvalue weighted by molar-refractivity contribution is 7.13. The summed E-state index contributed by atoms with van der Waals surface area (Å²) in [6, 6.07) is 6.29. The lowest BCUT2D eigenvalue weighted by atomic mass is 10.1. The number of benzene rings is 1. The molecular weight excluding hydrogens is 240 g/mol. The lowest BCUT2D eigenvalue weighted by Crippen LogP contribution is -1.91. The molecule has 0 aliphatic heterocycles. The van der Waals surface area contributed by atoms with Crippen molar-refractivity contribution in [1.82, 2.24) is 4.98 Å². The van der Waals surface area contributed by atoms with Crippen molar-refractivity contribution in [3.63, 3.8) is 0 Å². The number of thiazole rings is 1. The van der Waals surface area contributed by atoms with Gasteiger partial charge in [0, 0.05) is 11.1 Å². The van der Waals surface area contributed by atoms with Gasteiger partial charge in [0.15, 0.2) is 5.13 Å². The number of aryl methyl sites for hydroxylation is 2. The van der Waals surface area contributed by atoms with Gasteiger partial charge in [0.05, 0.1) is 11.6 Å². The van der Waals surface area contributed by atoms with E-state index in [-0.39, 0.29) is 0 Å². The molecule has 1 aromatic carbocycles. The second-order valence-electron chi connectivity index (χ2n) is 3.70. The molecule has 0 aliphatic carbocycles. The fraction of sp³-hybridized carbons (Fsp3) is 0.250. The van der Waals surface area contributed by atoms with Crippen LogP contribution in [0.4, 0.5) is 10.8 Å². The average Bonchev–Trinajstić information content (AvgIpc) is 2.71. The summed E-state index contributed by atoms with van der Waals surface area (Å²) < 4.78 is 0. The SMILES string of the molecule is Cc1ccc(Nc2nc(CCl)cs2)cc1C. The number of anilines is 2. The third-order valence-corrected chi connectivity index (χ3v) is 3.53. The quantitative estimate of drug-likeness (QED) is 0.827. The Balaban J connectivity index is 2.17. The minimum Gasteiger partial charge on any atom is -0.332 e. The maximum atomic E-state index is 5.71. The predicted octanol–water partition coefficient (Wildman–Crippen LogP) is 4.24. The molecule has 0 saturated heterocycles. The van der Waals surface area contributed by atoms with Crippen molar-refractivity contribution < 1.29 is 0 Å². The van der Waals surface area contributed by atoms with E-state index in [0.29, 0.717) is 5.88 Å². The fourth-order valence-corrected chi connectivity index (χ4v) is 2.33. The highest BCUT2D eigenvalue weighted by atomic mass is 35.5. The highest BCUT2D eigenvalue weighted by Crippen LogP contribution is 2.23. The first-order valence-electron chi connectivity index (χ1n) is 5.03. The average molecular weight is 253 g/mol. The summed E-state index contributed by atoms with van der Waals surface area (Å²) >= 11 is 7.28. The van der Waals surface area contributed by atoms with E-state index in [0.717, 1.165) is 16.5 Å². The summed E-state index contributed by atoms with van der Waals surface area (Å²) in [6.07, 6.45) is 0. The minimum absolute atomic E-state index is 0.463. The number of rotatable bonds is 3. The zero-order chi connectivity index (χ0) is 11.5. The zero-order valence-electron chi connectivity index (χ0n) is 9.25. The van der Waals surface area contributed by atoms with Crippen LogP contribution in [-0.4, -0.2) is 4.98 Å². The first-order chi connectivity index (χ1) is 7.69. The predicted molar refractivity (Wildman–Crippen MR) is 70.9 cm³/mol. The van der Waals surface area contributed by atoms with Gasteiger partial charge < -0.3 is 5.32 Å². The molecule has 0 fully saturated rings. The summed E-state index contributed by atoms with van der Waals surface area (Å²) in [6.45, 7) is 4.21. The second-order valence-corrected chi connectivity index (χ2v) is 4.83. The van der Waals surface area contributed by atoms with E-state index in [2.05, 4.69) is 42.3 Å². The maximum Gasteiger partial charge on any atom is 0.187 e.